The summed E-state index contributed by atoms with van der Waals surface area (Å²) in [5.41, 5.74) is 6.89. The zero-order chi connectivity index (χ0) is 15.0. The molecule has 0 aliphatic carbocycles. The van der Waals surface area contributed by atoms with Crippen LogP contribution >= 0.6 is 0 Å². The maximum atomic E-state index is 11.9. The van der Waals surface area contributed by atoms with Crippen LogP contribution in [0.25, 0.3) is 0 Å². The number of hydrogen-bond acceptors (Lipinski definition) is 3. The highest BCUT2D eigenvalue weighted by atomic mass is 16.4. The van der Waals surface area contributed by atoms with Gasteiger partial charge >= 0.3 is 5.97 Å². The second-order valence-electron chi connectivity index (χ2n) is 4.99. The van der Waals surface area contributed by atoms with Crippen LogP contribution in [0.1, 0.15) is 31.7 Å². The zero-order valence-electron chi connectivity index (χ0n) is 11.7. The van der Waals surface area contributed by atoms with E-state index in [1.54, 1.807) is 0 Å². The van der Waals surface area contributed by atoms with Crippen molar-refractivity contribution in [3.05, 3.63) is 35.9 Å². The van der Waals surface area contributed by atoms with E-state index in [9.17, 15) is 9.59 Å². The molecule has 0 aliphatic rings. The molecular formula is C15H22N2O3. The average molecular weight is 278 g/mol. The van der Waals surface area contributed by atoms with E-state index in [2.05, 4.69) is 5.32 Å². The van der Waals surface area contributed by atoms with Crippen LogP contribution < -0.4 is 11.1 Å². The molecule has 110 valence electrons. The van der Waals surface area contributed by atoms with E-state index in [0.717, 1.165) is 5.56 Å². The van der Waals surface area contributed by atoms with Crippen LogP contribution in [0.5, 0.6) is 0 Å². The van der Waals surface area contributed by atoms with Gasteiger partial charge in [0.15, 0.2) is 0 Å². The summed E-state index contributed by atoms with van der Waals surface area (Å²) in [5.74, 6) is -1.01. The molecule has 4 N–H and O–H groups in total. The van der Waals surface area contributed by atoms with E-state index in [1.807, 2.05) is 37.3 Å². The Hall–Kier alpha value is -1.88. The Bertz CT molecular complexity index is 434. The van der Waals surface area contributed by atoms with Crippen LogP contribution in [-0.2, 0) is 16.0 Å². The SMILES string of the molecule is CC(CCCC(=O)O)NC(=O)C(N)Cc1ccccc1. The lowest BCUT2D eigenvalue weighted by atomic mass is 10.1. The molecule has 0 heterocycles. The Morgan fingerprint density at radius 3 is 2.55 bits per heavy atom. The fraction of sp³-hybridized carbons (Fsp3) is 0.467. The fourth-order valence-electron chi connectivity index (χ4n) is 1.94. The first kappa shape index (κ1) is 16.2. The molecule has 1 amide bonds. The third kappa shape index (κ3) is 6.33. The largest absolute Gasteiger partial charge is 0.481 e. The molecule has 5 nitrogen and oxygen atoms in total. The van der Waals surface area contributed by atoms with Crippen molar-refractivity contribution < 1.29 is 14.7 Å². The van der Waals surface area contributed by atoms with Gasteiger partial charge in [0.25, 0.3) is 0 Å². The van der Waals surface area contributed by atoms with Crippen LogP contribution in [0, 0.1) is 0 Å². The summed E-state index contributed by atoms with van der Waals surface area (Å²) in [6.45, 7) is 1.86. The fourth-order valence-corrected chi connectivity index (χ4v) is 1.94. The van der Waals surface area contributed by atoms with Crippen molar-refractivity contribution in [3.63, 3.8) is 0 Å². The maximum Gasteiger partial charge on any atom is 0.303 e. The van der Waals surface area contributed by atoms with E-state index in [4.69, 9.17) is 10.8 Å². The first-order valence-corrected chi connectivity index (χ1v) is 6.80. The van der Waals surface area contributed by atoms with E-state index in [1.165, 1.54) is 0 Å². The molecule has 0 saturated carbocycles. The summed E-state index contributed by atoms with van der Waals surface area (Å²) in [6.07, 6.45) is 1.80. The topological polar surface area (TPSA) is 92.4 Å². The first-order chi connectivity index (χ1) is 9.49. The molecule has 2 atom stereocenters. The molecule has 0 bridgehead atoms. The van der Waals surface area contributed by atoms with Crippen molar-refractivity contribution in [2.24, 2.45) is 5.73 Å². The van der Waals surface area contributed by atoms with Crippen molar-refractivity contribution in [1.29, 1.82) is 0 Å². The normalized spacial score (nSPS) is 13.5. The van der Waals surface area contributed by atoms with Gasteiger partial charge in [0, 0.05) is 12.5 Å². The van der Waals surface area contributed by atoms with Gasteiger partial charge in [-0.3, -0.25) is 9.59 Å². The standard InChI is InChI=1S/C15H22N2O3/c1-11(6-5-9-14(18)19)17-15(20)13(16)10-12-7-3-2-4-8-12/h2-4,7-8,11,13H,5-6,9-10,16H2,1H3,(H,17,20)(H,18,19). The van der Waals surface area contributed by atoms with Crippen LogP contribution in [0.4, 0.5) is 0 Å². The van der Waals surface area contributed by atoms with E-state index >= 15 is 0 Å². The molecule has 0 saturated heterocycles. The number of nitrogens with one attached hydrogen (secondary N) is 1. The molecule has 0 aromatic heterocycles. The predicted octanol–water partition coefficient (Wildman–Crippen LogP) is 1.32. The molecular weight excluding hydrogens is 256 g/mol. The summed E-state index contributed by atoms with van der Waals surface area (Å²) in [4.78, 5) is 22.3. The van der Waals surface area contributed by atoms with Crippen LogP contribution in [0.2, 0.25) is 0 Å². The van der Waals surface area contributed by atoms with Crippen molar-refractivity contribution in [2.45, 2.75) is 44.7 Å². The van der Waals surface area contributed by atoms with Gasteiger partial charge in [0.2, 0.25) is 5.91 Å². The number of amides is 1. The van der Waals surface area contributed by atoms with E-state index < -0.39 is 12.0 Å². The van der Waals surface area contributed by atoms with E-state index in [0.29, 0.717) is 19.3 Å². The maximum absolute atomic E-state index is 11.9. The van der Waals surface area contributed by atoms with Gasteiger partial charge in [0.1, 0.15) is 0 Å². The summed E-state index contributed by atoms with van der Waals surface area (Å²) >= 11 is 0. The number of carbonyl (C=O) groups excluding carboxylic acids is 1. The molecule has 1 aromatic carbocycles. The first-order valence-electron chi connectivity index (χ1n) is 6.80. The van der Waals surface area contributed by atoms with Gasteiger partial charge < -0.3 is 16.2 Å². The lowest BCUT2D eigenvalue weighted by Crippen LogP contribution is -2.45. The molecule has 0 radical (unpaired) electrons. The minimum Gasteiger partial charge on any atom is -0.481 e. The molecule has 5 heteroatoms. The Kier molecular flexibility index (Phi) is 6.73. The van der Waals surface area contributed by atoms with Gasteiger partial charge in [0.05, 0.1) is 6.04 Å². The Morgan fingerprint density at radius 1 is 1.30 bits per heavy atom. The number of rotatable bonds is 8. The van der Waals surface area contributed by atoms with Crippen molar-refractivity contribution >= 4 is 11.9 Å². The van der Waals surface area contributed by atoms with Crippen LogP contribution in [-0.4, -0.2) is 29.1 Å². The van der Waals surface area contributed by atoms with Crippen LogP contribution in [0.15, 0.2) is 30.3 Å². The average Bonchev–Trinajstić information content (AvgIpc) is 2.39. The molecule has 0 spiro atoms. The van der Waals surface area contributed by atoms with E-state index in [-0.39, 0.29) is 18.4 Å². The molecule has 0 fully saturated rings. The number of carboxylic acids is 1. The third-order valence-corrected chi connectivity index (χ3v) is 3.05. The monoisotopic (exact) mass is 278 g/mol. The van der Waals surface area contributed by atoms with Crippen LogP contribution in [0.3, 0.4) is 0 Å². The summed E-state index contributed by atoms with van der Waals surface area (Å²) in [7, 11) is 0. The highest BCUT2D eigenvalue weighted by Gasteiger charge is 2.16. The highest BCUT2D eigenvalue weighted by molar-refractivity contribution is 5.82. The lowest BCUT2D eigenvalue weighted by Gasteiger charge is -2.17. The van der Waals surface area contributed by atoms with Gasteiger partial charge in [-0.2, -0.15) is 0 Å². The Morgan fingerprint density at radius 2 is 1.95 bits per heavy atom. The smallest absolute Gasteiger partial charge is 0.303 e. The molecule has 2 unspecified atom stereocenters. The number of aliphatic carboxylic acids is 1. The Labute approximate surface area is 119 Å². The molecule has 1 rings (SSSR count). The third-order valence-electron chi connectivity index (χ3n) is 3.05. The second-order valence-corrected chi connectivity index (χ2v) is 4.99. The molecule has 0 aliphatic heterocycles. The zero-order valence-corrected chi connectivity index (χ0v) is 11.7. The number of carboxylic acid groups (broad SMARTS) is 1. The second kappa shape index (κ2) is 8.32. The van der Waals surface area contributed by atoms with Gasteiger partial charge in [-0.25, -0.2) is 0 Å². The summed E-state index contributed by atoms with van der Waals surface area (Å²) in [6, 6.07) is 8.96. The number of carbonyl (C=O) groups is 2. The van der Waals surface area contributed by atoms with Crippen molar-refractivity contribution in [2.75, 3.05) is 0 Å². The van der Waals surface area contributed by atoms with Gasteiger partial charge in [-0.1, -0.05) is 30.3 Å². The predicted molar refractivity (Wildman–Crippen MR) is 77.2 cm³/mol. The lowest BCUT2D eigenvalue weighted by molar-refractivity contribution is -0.137. The molecule has 1 aromatic rings. The minimum atomic E-state index is -0.815. The number of benzene rings is 1. The van der Waals surface area contributed by atoms with Crippen molar-refractivity contribution in [1.82, 2.24) is 5.32 Å². The molecule has 20 heavy (non-hydrogen) atoms. The summed E-state index contributed by atoms with van der Waals surface area (Å²) < 4.78 is 0. The van der Waals surface area contributed by atoms with Crippen molar-refractivity contribution in [3.8, 4) is 0 Å². The summed E-state index contributed by atoms with van der Waals surface area (Å²) in [5, 5.41) is 11.4. The Balaban J connectivity index is 2.32. The van der Waals surface area contributed by atoms with Gasteiger partial charge in [-0.15, -0.1) is 0 Å². The quantitative estimate of drug-likeness (QED) is 0.668. The number of nitrogens with two attached hydrogens (primary N) is 1. The highest BCUT2D eigenvalue weighted by Crippen LogP contribution is 2.04. The minimum absolute atomic E-state index is 0.0660. The number of hydrogen-bond donors (Lipinski definition) is 3. The van der Waals surface area contributed by atoms with Gasteiger partial charge in [-0.05, 0) is 31.7 Å².